The van der Waals surface area contributed by atoms with Crippen molar-refractivity contribution in [2.24, 2.45) is 0 Å². The van der Waals surface area contributed by atoms with Gasteiger partial charge in [-0.15, -0.1) is 0 Å². The molecule has 1 aromatic heterocycles. The van der Waals surface area contributed by atoms with Crippen molar-refractivity contribution in [1.29, 1.82) is 0 Å². The maximum Gasteiger partial charge on any atom is 0.137 e. The second-order valence-electron chi connectivity index (χ2n) is 6.57. The molecule has 0 amide bonds. The highest BCUT2D eigenvalue weighted by Gasteiger charge is 2.30. The van der Waals surface area contributed by atoms with Crippen molar-refractivity contribution in [2.75, 3.05) is 25.1 Å². The highest BCUT2D eigenvalue weighted by Crippen LogP contribution is 2.36. The van der Waals surface area contributed by atoms with E-state index in [1.807, 2.05) is 44.3 Å². The summed E-state index contributed by atoms with van der Waals surface area (Å²) in [7, 11) is 2.02. The van der Waals surface area contributed by atoms with E-state index >= 15 is 0 Å². The first kappa shape index (κ1) is 18.0. The summed E-state index contributed by atoms with van der Waals surface area (Å²) in [6.45, 7) is 3.34. The van der Waals surface area contributed by atoms with Crippen molar-refractivity contribution in [3.8, 4) is 5.75 Å². The summed E-state index contributed by atoms with van der Waals surface area (Å²) in [5.41, 5.74) is 1.03. The smallest absolute Gasteiger partial charge is 0.137 e. The van der Waals surface area contributed by atoms with Crippen LogP contribution in [0, 0.1) is 6.92 Å². The van der Waals surface area contributed by atoms with Gasteiger partial charge in [0.05, 0.1) is 17.7 Å². The van der Waals surface area contributed by atoms with Crippen LogP contribution in [0.25, 0.3) is 0 Å². The fourth-order valence-electron chi connectivity index (χ4n) is 2.97. The Labute approximate surface area is 153 Å². The predicted molar refractivity (Wildman–Crippen MR) is 99.6 cm³/mol. The molecule has 25 heavy (non-hydrogen) atoms. The van der Waals surface area contributed by atoms with Crippen LogP contribution in [-0.2, 0) is 0 Å². The highest BCUT2D eigenvalue weighted by atomic mass is 35.5. The zero-order chi connectivity index (χ0) is 17.8. The van der Waals surface area contributed by atoms with Gasteiger partial charge < -0.3 is 14.7 Å². The van der Waals surface area contributed by atoms with Crippen LogP contribution in [0.4, 0.5) is 5.82 Å². The number of aliphatic hydroxyl groups is 1. The number of benzene rings is 1. The van der Waals surface area contributed by atoms with E-state index < -0.39 is 0 Å². The Hall–Kier alpha value is -1.85. The molecule has 0 spiro atoms. The molecule has 1 heterocycles. The number of ether oxygens (including phenoxy) is 1. The van der Waals surface area contributed by atoms with Crippen molar-refractivity contribution >= 4 is 17.4 Å². The number of aryl methyl sites for hydroxylation is 1. The third-order valence-corrected chi connectivity index (χ3v) is 4.81. The number of hydrogen-bond donors (Lipinski definition) is 1. The average molecular weight is 362 g/mol. The Balaban J connectivity index is 1.52. The van der Waals surface area contributed by atoms with Crippen LogP contribution in [0.15, 0.2) is 30.3 Å². The lowest BCUT2D eigenvalue weighted by Gasteiger charge is -2.31. The van der Waals surface area contributed by atoms with Gasteiger partial charge in [-0.25, -0.2) is 9.97 Å². The summed E-state index contributed by atoms with van der Waals surface area (Å²) in [6.07, 6.45) is 2.28. The lowest BCUT2D eigenvalue weighted by Crippen LogP contribution is -2.28. The van der Waals surface area contributed by atoms with Gasteiger partial charge in [0.15, 0.2) is 0 Å². The quantitative estimate of drug-likeness (QED) is 0.764. The fourth-order valence-corrected chi connectivity index (χ4v) is 3.16. The summed E-state index contributed by atoms with van der Waals surface area (Å²) < 4.78 is 5.73. The molecule has 1 fully saturated rings. The molecule has 0 bridgehead atoms. The van der Waals surface area contributed by atoms with Gasteiger partial charge in [0, 0.05) is 31.3 Å². The van der Waals surface area contributed by atoms with Crippen molar-refractivity contribution < 1.29 is 9.84 Å². The minimum absolute atomic E-state index is 0.177. The van der Waals surface area contributed by atoms with Crippen LogP contribution in [-0.4, -0.2) is 41.4 Å². The second kappa shape index (κ2) is 8.02. The molecular formula is C19H24ClN3O2. The van der Waals surface area contributed by atoms with Crippen molar-refractivity contribution in [2.45, 2.75) is 38.2 Å². The molecule has 6 heteroatoms. The first-order chi connectivity index (χ1) is 12.0. The van der Waals surface area contributed by atoms with Crippen molar-refractivity contribution in [3.63, 3.8) is 0 Å². The Kier molecular flexibility index (Phi) is 5.76. The Bertz CT molecular complexity index is 720. The molecule has 2 aromatic rings. The molecule has 134 valence electrons. The molecular weight excluding hydrogens is 338 g/mol. The number of nitrogens with zero attached hydrogens (tertiary/aromatic N) is 3. The van der Waals surface area contributed by atoms with E-state index in [1.165, 1.54) is 0 Å². The fraction of sp³-hybridized carbons (Fsp3) is 0.474. The number of hydrogen-bond acceptors (Lipinski definition) is 5. The molecule has 3 rings (SSSR count). The van der Waals surface area contributed by atoms with Gasteiger partial charge in [-0.1, -0.05) is 23.7 Å². The zero-order valence-corrected chi connectivity index (χ0v) is 15.4. The normalized spacial score (nSPS) is 19.4. The first-order valence-electron chi connectivity index (χ1n) is 8.65. The van der Waals surface area contributed by atoms with E-state index in [9.17, 15) is 5.11 Å². The van der Waals surface area contributed by atoms with E-state index in [0.29, 0.717) is 17.5 Å². The first-order valence-corrected chi connectivity index (χ1v) is 9.03. The Morgan fingerprint density at radius 3 is 2.76 bits per heavy atom. The predicted octanol–water partition coefficient (Wildman–Crippen LogP) is 3.58. The van der Waals surface area contributed by atoms with Crippen molar-refractivity contribution in [1.82, 2.24) is 9.97 Å². The van der Waals surface area contributed by atoms with Crippen LogP contribution in [0.3, 0.4) is 0 Å². The van der Waals surface area contributed by atoms with Crippen LogP contribution < -0.4 is 9.64 Å². The SMILES string of the molecule is Cc1nc(C2CC(O)C2)cc(N(C)CCCOc2ccccc2Cl)n1. The lowest BCUT2D eigenvalue weighted by molar-refractivity contribution is 0.0731. The van der Waals surface area contributed by atoms with Gasteiger partial charge in [0.1, 0.15) is 17.4 Å². The number of rotatable bonds is 7. The summed E-state index contributed by atoms with van der Waals surface area (Å²) in [4.78, 5) is 11.2. The molecule has 0 unspecified atom stereocenters. The van der Waals surface area contributed by atoms with Gasteiger partial charge in [0.25, 0.3) is 0 Å². The largest absolute Gasteiger partial charge is 0.492 e. The molecule has 1 aromatic carbocycles. The monoisotopic (exact) mass is 361 g/mol. The number of anilines is 1. The molecule has 0 aliphatic heterocycles. The highest BCUT2D eigenvalue weighted by molar-refractivity contribution is 6.32. The Morgan fingerprint density at radius 1 is 1.28 bits per heavy atom. The summed E-state index contributed by atoms with van der Waals surface area (Å²) >= 11 is 6.09. The van der Waals surface area contributed by atoms with Gasteiger partial charge in [0.2, 0.25) is 0 Å². The van der Waals surface area contributed by atoms with E-state index in [1.54, 1.807) is 0 Å². The minimum Gasteiger partial charge on any atom is -0.492 e. The van der Waals surface area contributed by atoms with Gasteiger partial charge in [-0.05, 0) is 38.3 Å². The van der Waals surface area contributed by atoms with E-state index in [4.69, 9.17) is 16.3 Å². The number of halogens is 1. The van der Waals surface area contributed by atoms with Crippen LogP contribution in [0.5, 0.6) is 5.75 Å². The number of para-hydroxylation sites is 1. The maximum atomic E-state index is 9.51. The third-order valence-electron chi connectivity index (χ3n) is 4.50. The van der Waals surface area contributed by atoms with Gasteiger partial charge in [-0.2, -0.15) is 0 Å². The van der Waals surface area contributed by atoms with Gasteiger partial charge in [-0.3, -0.25) is 0 Å². The molecule has 0 radical (unpaired) electrons. The van der Waals surface area contributed by atoms with Crippen LogP contribution >= 0.6 is 11.6 Å². The molecule has 5 nitrogen and oxygen atoms in total. The second-order valence-corrected chi connectivity index (χ2v) is 6.98. The number of aliphatic hydroxyl groups excluding tert-OH is 1. The average Bonchev–Trinajstić information content (AvgIpc) is 2.56. The van der Waals surface area contributed by atoms with E-state index in [0.717, 1.165) is 48.9 Å². The van der Waals surface area contributed by atoms with E-state index in [-0.39, 0.29) is 6.10 Å². The summed E-state index contributed by atoms with van der Waals surface area (Å²) in [5.74, 6) is 2.76. The third kappa shape index (κ3) is 4.61. The molecule has 1 saturated carbocycles. The topological polar surface area (TPSA) is 58.5 Å². The Morgan fingerprint density at radius 2 is 2.04 bits per heavy atom. The molecule has 1 aliphatic rings. The van der Waals surface area contributed by atoms with Crippen molar-refractivity contribution in [3.05, 3.63) is 46.9 Å². The minimum atomic E-state index is -0.177. The lowest BCUT2D eigenvalue weighted by atomic mass is 9.80. The standard InChI is InChI=1S/C19H24ClN3O2/c1-13-21-17(14-10-15(24)11-14)12-19(22-13)23(2)8-5-9-25-18-7-4-3-6-16(18)20/h3-4,6-7,12,14-15,24H,5,8-11H2,1-2H3. The molecule has 1 aliphatic carbocycles. The summed E-state index contributed by atoms with van der Waals surface area (Å²) in [5, 5.41) is 10.1. The summed E-state index contributed by atoms with van der Waals surface area (Å²) in [6, 6.07) is 9.54. The number of aromatic nitrogens is 2. The molecule has 1 N–H and O–H groups in total. The zero-order valence-electron chi connectivity index (χ0n) is 14.7. The van der Waals surface area contributed by atoms with Crippen LogP contribution in [0.2, 0.25) is 5.02 Å². The van der Waals surface area contributed by atoms with Gasteiger partial charge >= 0.3 is 0 Å². The molecule has 0 saturated heterocycles. The maximum absolute atomic E-state index is 9.51. The molecule has 0 atom stereocenters. The van der Waals surface area contributed by atoms with E-state index in [2.05, 4.69) is 14.9 Å². The van der Waals surface area contributed by atoms with Crippen LogP contribution in [0.1, 0.15) is 36.7 Å².